The standard InChI is InChI=1S/C8H10N4O2S/c9-7-8(11-3-2-10-7)12-6-1-4-15(13,14)5-6/h1-4,6H,5H2,(H2,9,10)(H,11,12). The van der Waals surface area contributed by atoms with Crippen molar-refractivity contribution in [3.05, 3.63) is 23.9 Å². The minimum absolute atomic E-state index is 0.0308. The van der Waals surface area contributed by atoms with E-state index >= 15 is 0 Å². The van der Waals surface area contributed by atoms with Crippen molar-refractivity contribution in [1.29, 1.82) is 0 Å². The Morgan fingerprint density at radius 1 is 1.40 bits per heavy atom. The van der Waals surface area contributed by atoms with Gasteiger partial charge in [-0.25, -0.2) is 18.4 Å². The molecule has 0 saturated heterocycles. The lowest BCUT2D eigenvalue weighted by Gasteiger charge is -2.11. The Labute approximate surface area is 87.2 Å². The molecule has 0 spiro atoms. The zero-order valence-corrected chi connectivity index (χ0v) is 8.61. The number of aromatic nitrogens is 2. The fourth-order valence-corrected chi connectivity index (χ4v) is 2.54. The molecule has 80 valence electrons. The van der Waals surface area contributed by atoms with Gasteiger partial charge >= 0.3 is 0 Å². The molecule has 15 heavy (non-hydrogen) atoms. The molecule has 0 saturated carbocycles. The first-order valence-corrected chi connectivity index (χ1v) is 6.02. The van der Waals surface area contributed by atoms with Gasteiger partial charge in [-0.15, -0.1) is 0 Å². The van der Waals surface area contributed by atoms with Crippen LogP contribution in [-0.4, -0.2) is 30.2 Å². The SMILES string of the molecule is Nc1nccnc1NC1C=CS(=O)(=O)C1. The quantitative estimate of drug-likeness (QED) is 0.723. The second-order valence-electron chi connectivity index (χ2n) is 3.20. The maximum Gasteiger partial charge on any atom is 0.173 e. The topological polar surface area (TPSA) is 98.0 Å². The molecule has 0 amide bonds. The number of nitrogens with two attached hydrogens (primary N) is 1. The highest BCUT2D eigenvalue weighted by Crippen LogP contribution is 2.16. The Balaban J connectivity index is 2.12. The molecule has 2 heterocycles. The molecule has 7 heteroatoms. The summed E-state index contributed by atoms with van der Waals surface area (Å²) in [7, 11) is -3.06. The highest BCUT2D eigenvalue weighted by atomic mass is 32.2. The molecular formula is C8H10N4O2S. The summed E-state index contributed by atoms with van der Waals surface area (Å²) in [6, 6.07) is -0.283. The van der Waals surface area contributed by atoms with Gasteiger partial charge in [-0.1, -0.05) is 0 Å². The van der Waals surface area contributed by atoms with Crippen LogP contribution < -0.4 is 11.1 Å². The monoisotopic (exact) mass is 226 g/mol. The number of hydrogen-bond acceptors (Lipinski definition) is 6. The Morgan fingerprint density at radius 3 is 2.73 bits per heavy atom. The van der Waals surface area contributed by atoms with Gasteiger partial charge in [0.15, 0.2) is 21.5 Å². The van der Waals surface area contributed by atoms with E-state index in [-0.39, 0.29) is 17.6 Å². The van der Waals surface area contributed by atoms with E-state index in [0.717, 1.165) is 0 Å². The molecule has 1 unspecified atom stereocenters. The zero-order chi connectivity index (χ0) is 10.9. The number of rotatable bonds is 2. The van der Waals surface area contributed by atoms with E-state index < -0.39 is 9.84 Å². The van der Waals surface area contributed by atoms with Crippen LogP contribution in [0.4, 0.5) is 11.6 Å². The van der Waals surface area contributed by atoms with Crippen molar-refractivity contribution in [1.82, 2.24) is 9.97 Å². The van der Waals surface area contributed by atoms with Crippen molar-refractivity contribution in [2.24, 2.45) is 0 Å². The molecule has 3 N–H and O–H groups in total. The van der Waals surface area contributed by atoms with Gasteiger partial charge in [0.1, 0.15) is 0 Å². The summed E-state index contributed by atoms with van der Waals surface area (Å²) in [5.74, 6) is 0.697. The molecule has 1 aliphatic rings. The normalized spacial score (nSPS) is 22.8. The maximum absolute atomic E-state index is 11.1. The van der Waals surface area contributed by atoms with Gasteiger partial charge in [0, 0.05) is 17.8 Å². The van der Waals surface area contributed by atoms with Crippen LogP contribution in [0.3, 0.4) is 0 Å². The Bertz CT molecular complexity index is 497. The summed E-state index contributed by atoms with van der Waals surface area (Å²) in [4.78, 5) is 7.80. The Kier molecular flexibility index (Phi) is 2.31. The van der Waals surface area contributed by atoms with Gasteiger partial charge in [-0.3, -0.25) is 0 Å². The lowest BCUT2D eigenvalue weighted by atomic mass is 10.3. The fourth-order valence-electron chi connectivity index (χ4n) is 1.30. The van der Waals surface area contributed by atoms with E-state index in [1.165, 1.54) is 17.8 Å². The smallest absolute Gasteiger partial charge is 0.173 e. The zero-order valence-electron chi connectivity index (χ0n) is 7.79. The summed E-state index contributed by atoms with van der Waals surface area (Å²) in [6.45, 7) is 0. The summed E-state index contributed by atoms with van der Waals surface area (Å²) < 4.78 is 22.2. The third-order valence-electron chi connectivity index (χ3n) is 1.98. The third kappa shape index (κ3) is 2.24. The number of nitrogens with zero attached hydrogens (tertiary/aromatic N) is 2. The minimum Gasteiger partial charge on any atom is -0.381 e. The van der Waals surface area contributed by atoms with E-state index in [2.05, 4.69) is 15.3 Å². The lowest BCUT2D eigenvalue weighted by Crippen LogP contribution is -2.22. The number of anilines is 2. The van der Waals surface area contributed by atoms with E-state index in [1.54, 1.807) is 6.08 Å². The lowest BCUT2D eigenvalue weighted by molar-refractivity contribution is 0.605. The number of hydrogen-bond donors (Lipinski definition) is 2. The van der Waals surface area contributed by atoms with E-state index in [9.17, 15) is 8.42 Å². The molecule has 1 atom stereocenters. The third-order valence-corrected chi connectivity index (χ3v) is 3.37. The van der Waals surface area contributed by atoms with Crippen LogP contribution >= 0.6 is 0 Å². The highest BCUT2D eigenvalue weighted by molar-refractivity contribution is 7.94. The van der Waals surface area contributed by atoms with Crippen molar-refractivity contribution < 1.29 is 8.42 Å². The average Bonchev–Trinajstić information content (AvgIpc) is 2.50. The second kappa shape index (κ2) is 3.50. The van der Waals surface area contributed by atoms with Gasteiger partial charge in [0.25, 0.3) is 0 Å². The number of sulfone groups is 1. The van der Waals surface area contributed by atoms with Gasteiger partial charge in [0.2, 0.25) is 0 Å². The average molecular weight is 226 g/mol. The second-order valence-corrected chi connectivity index (χ2v) is 5.13. The van der Waals surface area contributed by atoms with Crippen LogP contribution in [0, 0.1) is 0 Å². The molecule has 0 aliphatic carbocycles. The molecule has 1 aromatic heterocycles. The molecule has 1 aromatic rings. The van der Waals surface area contributed by atoms with Crippen LogP contribution in [0.2, 0.25) is 0 Å². The molecule has 1 aliphatic heterocycles. The largest absolute Gasteiger partial charge is 0.381 e. The van der Waals surface area contributed by atoms with Crippen molar-refractivity contribution in [3.8, 4) is 0 Å². The number of nitrogens with one attached hydrogen (secondary N) is 1. The minimum atomic E-state index is -3.06. The Morgan fingerprint density at radius 2 is 2.13 bits per heavy atom. The fraction of sp³-hybridized carbons (Fsp3) is 0.250. The van der Waals surface area contributed by atoms with Crippen LogP contribution in [-0.2, 0) is 9.84 Å². The predicted molar refractivity (Wildman–Crippen MR) is 56.8 cm³/mol. The highest BCUT2D eigenvalue weighted by Gasteiger charge is 2.22. The first kappa shape index (κ1) is 9.91. The van der Waals surface area contributed by atoms with Crippen LogP contribution in [0.1, 0.15) is 0 Å². The predicted octanol–water partition coefficient (Wildman–Crippen LogP) is -0.219. The Hall–Kier alpha value is -1.63. The van der Waals surface area contributed by atoms with E-state index in [0.29, 0.717) is 5.82 Å². The van der Waals surface area contributed by atoms with E-state index in [4.69, 9.17) is 5.73 Å². The molecule has 6 nitrogen and oxygen atoms in total. The molecule has 2 rings (SSSR count). The first-order chi connectivity index (χ1) is 7.07. The van der Waals surface area contributed by atoms with Gasteiger partial charge in [-0.2, -0.15) is 0 Å². The molecule has 0 radical (unpaired) electrons. The molecule has 0 bridgehead atoms. The molecular weight excluding hydrogens is 216 g/mol. The van der Waals surface area contributed by atoms with Gasteiger partial charge < -0.3 is 11.1 Å². The van der Waals surface area contributed by atoms with E-state index in [1.807, 2.05) is 0 Å². The van der Waals surface area contributed by atoms with Crippen molar-refractivity contribution in [2.75, 3.05) is 16.8 Å². The van der Waals surface area contributed by atoms with Crippen LogP contribution in [0.15, 0.2) is 23.9 Å². The van der Waals surface area contributed by atoms with Gasteiger partial charge in [0.05, 0.1) is 11.8 Å². The van der Waals surface area contributed by atoms with Crippen LogP contribution in [0.5, 0.6) is 0 Å². The van der Waals surface area contributed by atoms with Crippen molar-refractivity contribution in [2.45, 2.75) is 6.04 Å². The van der Waals surface area contributed by atoms with Gasteiger partial charge in [-0.05, 0) is 6.08 Å². The summed E-state index contributed by atoms with van der Waals surface area (Å²) >= 11 is 0. The molecule has 0 fully saturated rings. The summed E-state index contributed by atoms with van der Waals surface area (Å²) in [6.07, 6.45) is 4.54. The van der Waals surface area contributed by atoms with Crippen molar-refractivity contribution in [3.63, 3.8) is 0 Å². The van der Waals surface area contributed by atoms with Crippen molar-refractivity contribution >= 4 is 21.5 Å². The summed E-state index contributed by atoms with van der Waals surface area (Å²) in [5, 5.41) is 4.09. The van der Waals surface area contributed by atoms with Crippen LogP contribution in [0.25, 0.3) is 0 Å². The maximum atomic E-state index is 11.1. The first-order valence-electron chi connectivity index (χ1n) is 4.31. The number of nitrogen functional groups attached to an aromatic ring is 1. The molecule has 0 aromatic carbocycles. The summed E-state index contributed by atoms with van der Waals surface area (Å²) in [5.41, 5.74) is 5.56.